The second-order valence-electron chi connectivity index (χ2n) is 3.78. The summed E-state index contributed by atoms with van der Waals surface area (Å²) in [5.41, 5.74) is 6.36. The van der Waals surface area contributed by atoms with E-state index < -0.39 is 0 Å². The Morgan fingerprint density at radius 1 is 1.62 bits per heavy atom. The van der Waals surface area contributed by atoms with Gasteiger partial charge in [0.1, 0.15) is 10.8 Å². The summed E-state index contributed by atoms with van der Waals surface area (Å²) in [4.78, 5) is 6.62. The van der Waals surface area contributed by atoms with E-state index in [4.69, 9.17) is 23.1 Å². The minimum absolute atomic E-state index is 0.0944. The van der Waals surface area contributed by atoms with E-state index in [9.17, 15) is 0 Å². The highest BCUT2D eigenvalue weighted by Crippen LogP contribution is 2.15. The predicted molar refractivity (Wildman–Crippen MR) is 69.7 cm³/mol. The van der Waals surface area contributed by atoms with Crippen molar-refractivity contribution in [1.82, 2.24) is 4.98 Å². The van der Waals surface area contributed by atoms with Crippen molar-refractivity contribution in [2.45, 2.75) is 19.9 Å². The summed E-state index contributed by atoms with van der Waals surface area (Å²) in [5, 5.41) is 9.01. The lowest BCUT2D eigenvalue weighted by Crippen LogP contribution is -2.34. The molecule has 0 aliphatic rings. The van der Waals surface area contributed by atoms with Crippen LogP contribution >= 0.6 is 12.2 Å². The van der Waals surface area contributed by atoms with Crippen LogP contribution in [0.3, 0.4) is 0 Å². The Kier molecular flexibility index (Phi) is 4.64. The van der Waals surface area contributed by atoms with E-state index in [1.165, 1.54) is 0 Å². The number of rotatable bonds is 5. The molecule has 1 heterocycles. The summed E-state index contributed by atoms with van der Waals surface area (Å²) in [6, 6.07) is 3.89. The molecule has 1 rings (SSSR count). The van der Waals surface area contributed by atoms with Crippen LogP contribution in [0.25, 0.3) is 0 Å². The van der Waals surface area contributed by atoms with Gasteiger partial charge in [-0.05, 0) is 26.0 Å². The molecule has 4 nitrogen and oxygen atoms in total. The summed E-state index contributed by atoms with van der Waals surface area (Å²) in [5.74, 6) is 0.786. The molecule has 1 aromatic rings. The van der Waals surface area contributed by atoms with E-state index in [-0.39, 0.29) is 12.6 Å². The Morgan fingerprint density at radius 2 is 2.31 bits per heavy atom. The number of aliphatic hydroxyl groups is 1. The lowest BCUT2D eigenvalue weighted by Gasteiger charge is -2.27. The fourth-order valence-electron chi connectivity index (χ4n) is 1.47. The van der Waals surface area contributed by atoms with E-state index in [1.807, 2.05) is 24.8 Å². The van der Waals surface area contributed by atoms with E-state index in [1.54, 1.807) is 12.3 Å². The Bertz CT molecular complexity index is 368. The van der Waals surface area contributed by atoms with Gasteiger partial charge >= 0.3 is 0 Å². The predicted octanol–water partition coefficient (Wildman–Crippen LogP) is 0.923. The second kappa shape index (κ2) is 5.77. The summed E-state index contributed by atoms with van der Waals surface area (Å²) in [6.45, 7) is 4.73. The van der Waals surface area contributed by atoms with Crippen LogP contribution in [-0.2, 0) is 0 Å². The van der Waals surface area contributed by atoms with E-state index >= 15 is 0 Å². The first-order chi connectivity index (χ1) is 7.56. The minimum atomic E-state index is 0.0944. The van der Waals surface area contributed by atoms with Crippen molar-refractivity contribution in [3.63, 3.8) is 0 Å². The quantitative estimate of drug-likeness (QED) is 0.748. The number of anilines is 1. The Morgan fingerprint density at radius 3 is 2.81 bits per heavy atom. The summed E-state index contributed by atoms with van der Waals surface area (Å²) >= 11 is 4.92. The smallest absolute Gasteiger partial charge is 0.129 e. The molecule has 3 N–H and O–H groups in total. The van der Waals surface area contributed by atoms with Crippen molar-refractivity contribution < 1.29 is 5.11 Å². The third kappa shape index (κ3) is 3.15. The zero-order valence-corrected chi connectivity index (χ0v) is 10.4. The summed E-state index contributed by atoms with van der Waals surface area (Å²) in [6.07, 6.45) is 1.68. The van der Waals surface area contributed by atoms with Crippen LogP contribution in [0, 0.1) is 0 Å². The molecule has 0 amide bonds. The van der Waals surface area contributed by atoms with Crippen LogP contribution in [0.15, 0.2) is 18.3 Å². The van der Waals surface area contributed by atoms with Crippen molar-refractivity contribution in [1.29, 1.82) is 0 Å². The van der Waals surface area contributed by atoms with Crippen LogP contribution in [0.5, 0.6) is 0 Å². The third-order valence-electron chi connectivity index (χ3n) is 2.29. The van der Waals surface area contributed by atoms with Crippen LogP contribution in [-0.4, -0.2) is 34.3 Å². The van der Waals surface area contributed by atoms with Gasteiger partial charge < -0.3 is 15.7 Å². The number of aromatic nitrogens is 1. The average Bonchev–Trinajstić information content (AvgIpc) is 2.25. The Hall–Kier alpha value is -1.20. The van der Waals surface area contributed by atoms with E-state index in [0.29, 0.717) is 11.5 Å². The molecule has 0 saturated carbocycles. The van der Waals surface area contributed by atoms with Crippen LogP contribution in [0.4, 0.5) is 5.82 Å². The van der Waals surface area contributed by atoms with Gasteiger partial charge in [0.15, 0.2) is 0 Å². The summed E-state index contributed by atoms with van der Waals surface area (Å²) in [7, 11) is 0. The minimum Gasteiger partial charge on any atom is -0.395 e. The van der Waals surface area contributed by atoms with Gasteiger partial charge in [0.2, 0.25) is 0 Å². The molecule has 0 unspecified atom stereocenters. The van der Waals surface area contributed by atoms with Crippen molar-refractivity contribution >= 4 is 23.0 Å². The highest BCUT2D eigenvalue weighted by Gasteiger charge is 2.11. The first kappa shape index (κ1) is 12.9. The fourth-order valence-corrected chi connectivity index (χ4v) is 1.60. The van der Waals surface area contributed by atoms with Crippen molar-refractivity contribution in [3.8, 4) is 0 Å². The first-order valence-corrected chi connectivity index (χ1v) is 5.60. The molecule has 5 heteroatoms. The average molecular weight is 239 g/mol. The van der Waals surface area contributed by atoms with Crippen molar-refractivity contribution in [2.24, 2.45) is 5.73 Å². The van der Waals surface area contributed by atoms with Crippen molar-refractivity contribution in [2.75, 3.05) is 18.1 Å². The number of pyridine rings is 1. The molecule has 88 valence electrons. The molecule has 1 aromatic heterocycles. The molecule has 0 fully saturated rings. The largest absolute Gasteiger partial charge is 0.395 e. The number of nitrogens with zero attached hydrogens (tertiary/aromatic N) is 2. The molecule has 0 saturated heterocycles. The lowest BCUT2D eigenvalue weighted by molar-refractivity contribution is 0.298. The van der Waals surface area contributed by atoms with Crippen LogP contribution < -0.4 is 10.6 Å². The highest BCUT2D eigenvalue weighted by atomic mass is 32.1. The number of aliphatic hydroxyl groups excluding tert-OH is 1. The third-order valence-corrected chi connectivity index (χ3v) is 2.52. The van der Waals surface area contributed by atoms with Gasteiger partial charge in [0.05, 0.1) is 6.61 Å². The SMILES string of the molecule is CC(C)N(CCO)c1cc(C(N)=S)ccn1. The lowest BCUT2D eigenvalue weighted by atomic mass is 10.2. The number of nitrogens with two attached hydrogens (primary N) is 1. The zero-order valence-electron chi connectivity index (χ0n) is 9.55. The number of hydrogen-bond acceptors (Lipinski definition) is 4. The van der Waals surface area contributed by atoms with Crippen LogP contribution in [0.2, 0.25) is 0 Å². The number of thiocarbonyl (C=S) groups is 1. The topological polar surface area (TPSA) is 62.4 Å². The molecular formula is C11H17N3OS. The van der Waals surface area contributed by atoms with Gasteiger partial charge in [-0.2, -0.15) is 0 Å². The highest BCUT2D eigenvalue weighted by molar-refractivity contribution is 7.80. The van der Waals surface area contributed by atoms with Gasteiger partial charge in [-0.3, -0.25) is 0 Å². The summed E-state index contributed by atoms with van der Waals surface area (Å²) < 4.78 is 0. The van der Waals surface area contributed by atoms with E-state index in [0.717, 1.165) is 11.4 Å². The monoisotopic (exact) mass is 239 g/mol. The maximum atomic E-state index is 9.01. The molecular weight excluding hydrogens is 222 g/mol. The maximum absolute atomic E-state index is 9.01. The van der Waals surface area contributed by atoms with Gasteiger partial charge in [0, 0.05) is 24.3 Å². The molecule has 0 aliphatic heterocycles. The number of hydrogen-bond donors (Lipinski definition) is 2. The van der Waals surface area contributed by atoms with Gasteiger partial charge in [-0.15, -0.1) is 0 Å². The second-order valence-corrected chi connectivity index (χ2v) is 4.22. The maximum Gasteiger partial charge on any atom is 0.129 e. The van der Waals surface area contributed by atoms with E-state index in [2.05, 4.69) is 4.98 Å². The van der Waals surface area contributed by atoms with Gasteiger partial charge in [-0.1, -0.05) is 12.2 Å². The Balaban J connectivity index is 3.00. The molecule has 0 spiro atoms. The van der Waals surface area contributed by atoms with Gasteiger partial charge in [0.25, 0.3) is 0 Å². The van der Waals surface area contributed by atoms with Crippen molar-refractivity contribution in [3.05, 3.63) is 23.9 Å². The molecule has 0 bridgehead atoms. The first-order valence-electron chi connectivity index (χ1n) is 5.19. The molecule has 0 aliphatic carbocycles. The molecule has 0 atom stereocenters. The fraction of sp³-hybridized carbons (Fsp3) is 0.455. The molecule has 0 aromatic carbocycles. The van der Waals surface area contributed by atoms with Crippen LogP contribution in [0.1, 0.15) is 19.4 Å². The molecule has 0 radical (unpaired) electrons. The van der Waals surface area contributed by atoms with Gasteiger partial charge in [-0.25, -0.2) is 4.98 Å². The molecule has 16 heavy (non-hydrogen) atoms. The standard InChI is InChI=1S/C11H17N3OS/c1-8(2)14(5-6-15)10-7-9(11(12)16)3-4-13-10/h3-4,7-8,15H,5-6H2,1-2H3,(H2,12,16). The zero-order chi connectivity index (χ0) is 12.1. The Labute approximate surface area is 101 Å². The normalized spacial score (nSPS) is 10.5.